The number of unbranched alkanes of at least 4 members (excludes halogenated alkanes) is 43. The Kier molecular flexibility index (Phi) is 49.7. The molecule has 0 spiro atoms. The van der Waals surface area contributed by atoms with Gasteiger partial charge in [0.1, 0.15) is 0 Å². The van der Waals surface area contributed by atoms with Crippen LogP contribution in [0, 0.1) is 0 Å². The van der Waals surface area contributed by atoms with Crippen LogP contribution in [0.15, 0.2) is 12.2 Å². The molecule has 0 fully saturated rings. The van der Waals surface area contributed by atoms with Gasteiger partial charge in [-0.1, -0.05) is 296 Å². The number of rotatable bonds is 50. The molecule has 3 N–H and O–H groups in total. The van der Waals surface area contributed by atoms with E-state index in [1.54, 1.807) is 6.08 Å². The standard InChI is InChI=1S/C54H107NO3/c1-3-5-7-9-11-13-15-17-19-21-22-23-24-25-26-27-28-29-30-31-32-34-35-37-39-41-43-45-47-49-53(57)52(51-56)55-54(58)50-48-46-44-42-40-38-36-33-20-18-16-14-12-10-8-6-4-2/h47,49,52-53,56-57H,3-46,48,50-51H2,1-2H3,(H,55,58)/b49-47+. The summed E-state index contributed by atoms with van der Waals surface area (Å²) in [6.45, 7) is 4.35. The first kappa shape index (κ1) is 57.1. The number of carbonyl (C=O) groups excluding carboxylic acids is 1. The molecule has 2 atom stereocenters. The minimum atomic E-state index is -0.835. The maximum absolute atomic E-state index is 12.4. The number of allylic oxidation sites excluding steroid dienone is 1. The second-order valence-corrected chi connectivity index (χ2v) is 18.7. The molecule has 0 aromatic carbocycles. The van der Waals surface area contributed by atoms with Crippen molar-refractivity contribution in [3.8, 4) is 0 Å². The zero-order valence-corrected chi connectivity index (χ0v) is 39.8. The average molecular weight is 818 g/mol. The summed E-state index contributed by atoms with van der Waals surface area (Å²) in [7, 11) is 0. The number of amides is 1. The Morgan fingerprint density at radius 1 is 0.397 bits per heavy atom. The van der Waals surface area contributed by atoms with Crippen molar-refractivity contribution in [1.29, 1.82) is 0 Å². The highest BCUT2D eigenvalue weighted by molar-refractivity contribution is 5.76. The summed E-state index contributed by atoms with van der Waals surface area (Å²) in [6.07, 6.45) is 65.1. The summed E-state index contributed by atoms with van der Waals surface area (Å²) >= 11 is 0. The third-order valence-corrected chi connectivity index (χ3v) is 12.8. The van der Waals surface area contributed by atoms with E-state index in [0.717, 1.165) is 25.7 Å². The van der Waals surface area contributed by atoms with Crippen LogP contribution in [0.25, 0.3) is 0 Å². The van der Waals surface area contributed by atoms with Crippen molar-refractivity contribution in [1.82, 2.24) is 5.32 Å². The highest BCUT2D eigenvalue weighted by atomic mass is 16.3. The Labute approximate surface area is 365 Å². The Morgan fingerprint density at radius 3 is 0.897 bits per heavy atom. The van der Waals surface area contributed by atoms with Gasteiger partial charge < -0.3 is 15.5 Å². The highest BCUT2D eigenvalue weighted by Gasteiger charge is 2.18. The quantitative estimate of drug-likeness (QED) is 0.0423. The molecule has 0 aromatic rings. The molecular formula is C54H107NO3. The van der Waals surface area contributed by atoms with E-state index in [1.165, 1.54) is 263 Å². The van der Waals surface area contributed by atoms with E-state index in [2.05, 4.69) is 19.2 Å². The summed E-state index contributed by atoms with van der Waals surface area (Å²) in [5.41, 5.74) is 0. The third kappa shape index (κ3) is 46.2. The van der Waals surface area contributed by atoms with Crippen molar-refractivity contribution < 1.29 is 15.0 Å². The van der Waals surface area contributed by atoms with Crippen LogP contribution >= 0.6 is 0 Å². The molecule has 0 bridgehead atoms. The largest absolute Gasteiger partial charge is 0.394 e. The first-order valence-electron chi connectivity index (χ1n) is 26.9. The molecular weight excluding hydrogens is 711 g/mol. The van der Waals surface area contributed by atoms with Crippen molar-refractivity contribution >= 4 is 5.91 Å². The van der Waals surface area contributed by atoms with E-state index in [9.17, 15) is 15.0 Å². The fourth-order valence-electron chi connectivity index (χ4n) is 8.65. The van der Waals surface area contributed by atoms with Gasteiger partial charge in [-0.2, -0.15) is 0 Å². The Morgan fingerprint density at radius 2 is 0.638 bits per heavy atom. The minimum absolute atomic E-state index is 0.0574. The van der Waals surface area contributed by atoms with Gasteiger partial charge in [-0.05, 0) is 19.3 Å². The predicted molar refractivity (Wildman–Crippen MR) is 258 cm³/mol. The van der Waals surface area contributed by atoms with Gasteiger partial charge in [0.2, 0.25) is 5.91 Å². The van der Waals surface area contributed by atoms with Crippen LogP contribution in [0.3, 0.4) is 0 Å². The molecule has 1 amide bonds. The van der Waals surface area contributed by atoms with Gasteiger partial charge in [-0.15, -0.1) is 0 Å². The maximum Gasteiger partial charge on any atom is 0.220 e. The van der Waals surface area contributed by atoms with Gasteiger partial charge in [-0.3, -0.25) is 4.79 Å². The van der Waals surface area contributed by atoms with Gasteiger partial charge in [0.15, 0.2) is 0 Å². The van der Waals surface area contributed by atoms with Crippen LogP contribution in [0.4, 0.5) is 0 Å². The molecule has 4 heteroatoms. The molecule has 0 aliphatic carbocycles. The SMILES string of the molecule is CCCCCCCCCCCCCCCCCCCCCCCCCCCCC/C=C/C(O)C(CO)NC(=O)CCCCCCCCCCCCCCCCCCC. The van der Waals surface area contributed by atoms with Crippen LogP contribution in [0.5, 0.6) is 0 Å². The Balaban J connectivity index is 3.44. The number of carbonyl (C=O) groups is 1. The lowest BCUT2D eigenvalue weighted by Gasteiger charge is -2.20. The summed E-state index contributed by atoms with van der Waals surface area (Å²) in [6, 6.07) is -0.617. The van der Waals surface area contributed by atoms with Crippen molar-refractivity contribution in [3.05, 3.63) is 12.2 Å². The van der Waals surface area contributed by atoms with Crippen LogP contribution in [-0.2, 0) is 4.79 Å². The lowest BCUT2D eigenvalue weighted by atomic mass is 10.0. The molecule has 0 saturated carbocycles. The van der Waals surface area contributed by atoms with Gasteiger partial charge in [0, 0.05) is 6.42 Å². The molecule has 0 saturated heterocycles. The van der Waals surface area contributed by atoms with Crippen LogP contribution in [-0.4, -0.2) is 34.9 Å². The number of hydrogen-bond acceptors (Lipinski definition) is 3. The summed E-state index contributed by atoms with van der Waals surface area (Å²) in [4.78, 5) is 12.4. The van der Waals surface area contributed by atoms with E-state index in [0.29, 0.717) is 6.42 Å². The Bertz CT molecular complexity index is 799. The molecule has 0 aliphatic heterocycles. The van der Waals surface area contributed by atoms with E-state index < -0.39 is 12.1 Å². The molecule has 0 heterocycles. The number of nitrogens with one attached hydrogen (secondary N) is 1. The fraction of sp³-hybridized carbons (Fsp3) is 0.944. The smallest absolute Gasteiger partial charge is 0.220 e. The Hall–Kier alpha value is -0.870. The second-order valence-electron chi connectivity index (χ2n) is 18.7. The fourth-order valence-corrected chi connectivity index (χ4v) is 8.65. The number of aliphatic hydroxyl groups excluding tert-OH is 2. The number of aliphatic hydroxyl groups is 2. The second kappa shape index (κ2) is 50.5. The van der Waals surface area contributed by atoms with E-state index >= 15 is 0 Å². The molecule has 346 valence electrons. The normalized spacial score (nSPS) is 12.8. The first-order valence-corrected chi connectivity index (χ1v) is 26.9. The maximum atomic E-state index is 12.4. The van der Waals surface area contributed by atoms with Gasteiger partial charge >= 0.3 is 0 Å². The van der Waals surface area contributed by atoms with Crippen molar-refractivity contribution in [2.24, 2.45) is 0 Å². The summed E-state index contributed by atoms with van der Waals surface area (Å²) in [5, 5.41) is 23.1. The van der Waals surface area contributed by atoms with Crippen LogP contribution in [0.1, 0.15) is 309 Å². The van der Waals surface area contributed by atoms with Crippen LogP contribution < -0.4 is 5.32 Å². The highest BCUT2D eigenvalue weighted by Crippen LogP contribution is 2.18. The van der Waals surface area contributed by atoms with E-state index in [4.69, 9.17) is 0 Å². The molecule has 0 aliphatic rings. The third-order valence-electron chi connectivity index (χ3n) is 12.8. The zero-order valence-electron chi connectivity index (χ0n) is 39.8. The van der Waals surface area contributed by atoms with Crippen molar-refractivity contribution in [2.75, 3.05) is 6.61 Å². The lowest BCUT2D eigenvalue weighted by molar-refractivity contribution is -0.123. The van der Waals surface area contributed by atoms with E-state index in [1.807, 2.05) is 6.08 Å². The van der Waals surface area contributed by atoms with Gasteiger partial charge in [-0.25, -0.2) is 0 Å². The van der Waals surface area contributed by atoms with E-state index in [-0.39, 0.29) is 12.5 Å². The van der Waals surface area contributed by atoms with Crippen LogP contribution in [0.2, 0.25) is 0 Å². The summed E-state index contributed by atoms with van der Waals surface area (Å²) < 4.78 is 0. The monoisotopic (exact) mass is 818 g/mol. The molecule has 58 heavy (non-hydrogen) atoms. The molecule has 0 radical (unpaired) electrons. The first-order chi connectivity index (χ1) is 28.7. The zero-order chi connectivity index (χ0) is 42.1. The van der Waals surface area contributed by atoms with Gasteiger partial charge in [0.25, 0.3) is 0 Å². The predicted octanol–water partition coefficient (Wildman–Crippen LogP) is 17.4. The minimum Gasteiger partial charge on any atom is -0.394 e. The molecule has 0 rings (SSSR count). The number of hydrogen-bond donors (Lipinski definition) is 3. The average Bonchev–Trinajstić information content (AvgIpc) is 3.23. The van der Waals surface area contributed by atoms with Gasteiger partial charge in [0.05, 0.1) is 18.8 Å². The molecule has 0 aromatic heterocycles. The van der Waals surface area contributed by atoms with Crippen molar-refractivity contribution in [3.63, 3.8) is 0 Å². The van der Waals surface area contributed by atoms with Crippen molar-refractivity contribution in [2.45, 2.75) is 321 Å². The topological polar surface area (TPSA) is 69.6 Å². The molecule has 4 nitrogen and oxygen atoms in total. The lowest BCUT2D eigenvalue weighted by Crippen LogP contribution is -2.45. The molecule has 2 unspecified atom stereocenters. The summed E-state index contributed by atoms with van der Waals surface area (Å²) in [5.74, 6) is -0.0574.